The second-order valence-corrected chi connectivity index (χ2v) is 3.81. The number of phenolic OH excluding ortho intramolecular Hbond substituents is 1. The third-order valence-electron chi connectivity index (χ3n) is 2.35. The number of carbonyl (C=O) groups is 1. The third kappa shape index (κ3) is 2.33. The van der Waals surface area contributed by atoms with Crippen LogP contribution in [0.15, 0.2) is 18.2 Å². The van der Waals surface area contributed by atoms with Gasteiger partial charge < -0.3 is 14.9 Å². The molecule has 0 aromatic heterocycles. The number of hydrogen-bond donors (Lipinski definition) is 2. The highest BCUT2D eigenvalue weighted by molar-refractivity contribution is 5.81. The van der Waals surface area contributed by atoms with Crippen LogP contribution in [0.4, 0.5) is 0 Å². The average molecular weight is 224 g/mol. The predicted molar refractivity (Wildman–Crippen MR) is 59.0 cm³/mol. The first kappa shape index (κ1) is 12.5. The van der Waals surface area contributed by atoms with E-state index >= 15 is 0 Å². The largest absolute Gasteiger partial charge is 0.508 e. The van der Waals surface area contributed by atoms with E-state index in [4.69, 9.17) is 4.74 Å². The third-order valence-corrected chi connectivity index (χ3v) is 2.35. The van der Waals surface area contributed by atoms with Gasteiger partial charge in [0.1, 0.15) is 5.75 Å². The lowest BCUT2D eigenvalue weighted by Crippen LogP contribution is -2.34. The van der Waals surface area contributed by atoms with Gasteiger partial charge in [0.05, 0.1) is 6.61 Å². The van der Waals surface area contributed by atoms with Crippen LogP contribution in [0.2, 0.25) is 0 Å². The minimum absolute atomic E-state index is 0.113. The van der Waals surface area contributed by atoms with E-state index in [2.05, 4.69) is 0 Å². The Bertz CT molecular complexity index is 396. The summed E-state index contributed by atoms with van der Waals surface area (Å²) in [5.41, 5.74) is -0.828. The van der Waals surface area contributed by atoms with Crippen LogP contribution in [0.25, 0.3) is 0 Å². The van der Waals surface area contributed by atoms with Crippen LogP contribution in [0, 0.1) is 6.92 Å². The summed E-state index contributed by atoms with van der Waals surface area (Å²) in [7, 11) is 0. The summed E-state index contributed by atoms with van der Waals surface area (Å²) < 4.78 is 4.75. The van der Waals surface area contributed by atoms with Gasteiger partial charge in [-0.05, 0) is 32.4 Å². The molecule has 0 aliphatic carbocycles. The minimum atomic E-state index is -1.83. The fourth-order valence-corrected chi connectivity index (χ4v) is 1.43. The second kappa shape index (κ2) is 4.53. The first-order valence-electron chi connectivity index (χ1n) is 5.09. The maximum Gasteiger partial charge on any atom is 0.342 e. The molecule has 88 valence electrons. The average Bonchev–Trinajstić information content (AvgIpc) is 2.17. The molecule has 1 unspecified atom stereocenters. The molecule has 0 spiro atoms. The number of hydrogen-bond acceptors (Lipinski definition) is 4. The Morgan fingerprint density at radius 1 is 1.50 bits per heavy atom. The maximum atomic E-state index is 11.5. The van der Waals surface area contributed by atoms with E-state index in [9.17, 15) is 15.0 Å². The van der Waals surface area contributed by atoms with E-state index in [1.165, 1.54) is 19.1 Å². The van der Waals surface area contributed by atoms with Crippen molar-refractivity contribution >= 4 is 5.97 Å². The first-order valence-corrected chi connectivity index (χ1v) is 5.09. The molecule has 1 rings (SSSR count). The molecule has 1 atom stereocenters. The van der Waals surface area contributed by atoms with Gasteiger partial charge in [-0.2, -0.15) is 0 Å². The van der Waals surface area contributed by atoms with Crippen molar-refractivity contribution in [2.45, 2.75) is 26.4 Å². The fourth-order valence-electron chi connectivity index (χ4n) is 1.43. The van der Waals surface area contributed by atoms with Crippen molar-refractivity contribution < 1.29 is 19.7 Å². The van der Waals surface area contributed by atoms with Crippen LogP contribution in [0.3, 0.4) is 0 Å². The highest BCUT2D eigenvalue weighted by Crippen LogP contribution is 2.30. The SMILES string of the molecule is CCOC(=O)C(C)(O)c1ccc(C)cc1O. The van der Waals surface area contributed by atoms with Crippen molar-refractivity contribution in [2.24, 2.45) is 0 Å². The fraction of sp³-hybridized carbons (Fsp3) is 0.417. The molecule has 16 heavy (non-hydrogen) atoms. The highest BCUT2D eigenvalue weighted by atomic mass is 16.5. The molecule has 4 heteroatoms. The van der Waals surface area contributed by atoms with Crippen LogP contribution in [0.1, 0.15) is 25.0 Å². The minimum Gasteiger partial charge on any atom is -0.508 e. The molecular weight excluding hydrogens is 208 g/mol. The summed E-state index contributed by atoms with van der Waals surface area (Å²) in [4.78, 5) is 11.5. The summed E-state index contributed by atoms with van der Waals surface area (Å²) >= 11 is 0. The number of esters is 1. The van der Waals surface area contributed by atoms with Gasteiger partial charge in [-0.3, -0.25) is 0 Å². The number of aryl methyl sites for hydroxylation is 1. The smallest absolute Gasteiger partial charge is 0.342 e. The summed E-state index contributed by atoms with van der Waals surface area (Å²) in [6.45, 7) is 4.95. The molecule has 2 N–H and O–H groups in total. The van der Waals surface area contributed by atoms with Crippen molar-refractivity contribution in [1.29, 1.82) is 0 Å². The van der Waals surface area contributed by atoms with E-state index in [0.717, 1.165) is 5.56 Å². The van der Waals surface area contributed by atoms with Crippen molar-refractivity contribution in [3.63, 3.8) is 0 Å². The molecule has 0 saturated carbocycles. The van der Waals surface area contributed by atoms with Crippen LogP contribution >= 0.6 is 0 Å². The van der Waals surface area contributed by atoms with Gasteiger partial charge >= 0.3 is 5.97 Å². The number of aliphatic hydroxyl groups is 1. The summed E-state index contributed by atoms with van der Waals surface area (Å²) in [5.74, 6) is -0.882. The molecule has 0 bridgehead atoms. The van der Waals surface area contributed by atoms with E-state index < -0.39 is 11.6 Å². The second-order valence-electron chi connectivity index (χ2n) is 3.81. The maximum absolute atomic E-state index is 11.5. The summed E-state index contributed by atoms with van der Waals surface area (Å²) in [6, 6.07) is 4.72. The zero-order valence-electron chi connectivity index (χ0n) is 9.65. The lowest BCUT2D eigenvalue weighted by molar-refractivity contribution is -0.164. The van der Waals surface area contributed by atoms with Crippen molar-refractivity contribution in [2.75, 3.05) is 6.61 Å². The molecule has 0 amide bonds. The van der Waals surface area contributed by atoms with E-state index in [-0.39, 0.29) is 17.9 Å². The van der Waals surface area contributed by atoms with Gasteiger partial charge in [0.2, 0.25) is 0 Å². The number of ether oxygens (including phenoxy) is 1. The zero-order chi connectivity index (χ0) is 12.3. The highest BCUT2D eigenvalue weighted by Gasteiger charge is 2.36. The normalized spacial score (nSPS) is 14.2. The monoisotopic (exact) mass is 224 g/mol. The first-order chi connectivity index (χ1) is 7.39. The Morgan fingerprint density at radius 2 is 2.12 bits per heavy atom. The van der Waals surface area contributed by atoms with Crippen LogP contribution < -0.4 is 0 Å². The number of phenols is 1. The summed E-state index contributed by atoms with van der Waals surface area (Å²) in [5, 5.41) is 19.7. The van der Waals surface area contributed by atoms with Crippen molar-refractivity contribution in [3.05, 3.63) is 29.3 Å². The molecule has 0 saturated heterocycles. The molecule has 1 aromatic rings. The molecule has 0 radical (unpaired) electrons. The van der Waals surface area contributed by atoms with E-state index in [1.54, 1.807) is 13.0 Å². The van der Waals surface area contributed by atoms with Crippen molar-refractivity contribution in [1.82, 2.24) is 0 Å². The Kier molecular flexibility index (Phi) is 3.55. The lowest BCUT2D eigenvalue weighted by atomic mass is 9.94. The molecule has 0 fully saturated rings. The molecule has 0 heterocycles. The van der Waals surface area contributed by atoms with Crippen LogP contribution in [-0.2, 0) is 15.1 Å². The Labute approximate surface area is 94.5 Å². The number of aromatic hydroxyl groups is 1. The van der Waals surface area contributed by atoms with Gasteiger partial charge in [0.15, 0.2) is 5.60 Å². The van der Waals surface area contributed by atoms with Crippen LogP contribution in [0.5, 0.6) is 5.75 Å². The predicted octanol–water partition coefficient (Wildman–Crippen LogP) is 1.47. The zero-order valence-corrected chi connectivity index (χ0v) is 9.65. The van der Waals surface area contributed by atoms with E-state index in [1.807, 2.05) is 6.92 Å². The van der Waals surface area contributed by atoms with Gasteiger partial charge in [0, 0.05) is 5.56 Å². The molecule has 4 nitrogen and oxygen atoms in total. The molecule has 1 aromatic carbocycles. The van der Waals surface area contributed by atoms with Gasteiger partial charge in [0.25, 0.3) is 0 Å². The standard InChI is InChI=1S/C12H16O4/c1-4-16-11(14)12(3,15)9-6-5-8(2)7-10(9)13/h5-7,13,15H,4H2,1-3H3. The molecule has 0 aliphatic rings. The quantitative estimate of drug-likeness (QED) is 0.763. The van der Waals surface area contributed by atoms with Gasteiger partial charge in [-0.1, -0.05) is 12.1 Å². The van der Waals surface area contributed by atoms with Gasteiger partial charge in [-0.25, -0.2) is 4.79 Å². The number of benzene rings is 1. The van der Waals surface area contributed by atoms with Gasteiger partial charge in [-0.15, -0.1) is 0 Å². The van der Waals surface area contributed by atoms with Crippen LogP contribution in [-0.4, -0.2) is 22.8 Å². The summed E-state index contributed by atoms with van der Waals surface area (Å²) in [6.07, 6.45) is 0. The molecule has 0 aliphatic heterocycles. The lowest BCUT2D eigenvalue weighted by Gasteiger charge is -2.22. The number of rotatable bonds is 3. The topological polar surface area (TPSA) is 66.8 Å². The number of carbonyl (C=O) groups excluding carboxylic acids is 1. The van der Waals surface area contributed by atoms with E-state index in [0.29, 0.717) is 0 Å². The molecular formula is C12H16O4. The van der Waals surface area contributed by atoms with Crippen molar-refractivity contribution in [3.8, 4) is 5.75 Å². The Balaban J connectivity index is 3.11. The Hall–Kier alpha value is -1.55. The Morgan fingerprint density at radius 3 is 2.62 bits per heavy atom.